The largest absolute Gasteiger partial charge is 0.345 e. The van der Waals surface area contributed by atoms with Crippen molar-refractivity contribution in [2.45, 2.75) is 25.4 Å². The maximum absolute atomic E-state index is 12.4. The maximum atomic E-state index is 12.4. The highest BCUT2D eigenvalue weighted by Gasteiger charge is 2.54. The molecular weight excluding hydrogens is 234 g/mol. The minimum absolute atomic E-state index is 0.154. The molecular formula is C17H17NO. The smallest absolute Gasteiger partial charge is 0.184 e. The number of carbonyl (C=O) groups is 1. The molecule has 2 nitrogen and oxygen atoms in total. The van der Waals surface area contributed by atoms with Crippen molar-refractivity contribution in [3.8, 4) is 0 Å². The second-order valence-electron chi connectivity index (χ2n) is 5.44. The Kier molecular flexibility index (Phi) is 2.67. The normalized spacial score (nSPS) is 21.1. The van der Waals surface area contributed by atoms with E-state index in [4.69, 9.17) is 0 Å². The van der Waals surface area contributed by atoms with Crippen molar-refractivity contribution in [2.75, 3.05) is 4.90 Å². The highest BCUT2D eigenvalue weighted by molar-refractivity contribution is 6.06. The second kappa shape index (κ2) is 4.23. The first-order valence-electron chi connectivity index (χ1n) is 6.56. The van der Waals surface area contributed by atoms with Gasteiger partial charge in [-0.05, 0) is 31.5 Å². The molecule has 2 heteroatoms. The van der Waals surface area contributed by atoms with E-state index in [1.54, 1.807) is 0 Å². The van der Waals surface area contributed by atoms with Crippen molar-refractivity contribution < 1.29 is 4.79 Å². The average Bonchev–Trinajstić information content (AvgIpc) is 2.45. The third-order valence-corrected chi connectivity index (χ3v) is 3.86. The summed E-state index contributed by atoms with van der Waals surface area (Å²) in [6, 6.07) is 20.0. The van der Waals surface area contributed by atoms with E-state index in [-0.39, 0.29) is 11.8 Å². The van der Waals surface area contributed by atoms with Crippen molar-refractivity contribution in [3.63, 3.8) is 0 Å². The van der Waals surface area contributed by atoms with Crippen LogP contribution in [0, 0.1) is 0 Å². The lowest BCUT2D eigenvalue weighted by atomic mass is 9.76. The number of benzene rings is 2. The fourth-order valence-electron chi connectivity index (χ4n) is 2.82. The molecule has 3 rings (SSSR count). The van der Waals surface area contributed by atoms with Crippen LogP contribution in [-0.2, 0) is 4.79 Å². The predicted octanol–water partition coefficient (Wildman–Crippen LogP) is 3.60. The number of ketones is 1. The molecule has 1 atom stereocenters. The van der Waals surface area contributed by atoms with E-state index in [1.807, 2.05) is 62.4 Å². The summed E-state index contributed by atoms with van der Waals surface area (Å²) in [4.78, 5) is 14.6. The molecule has 1 unspecified atom stereocenters. The second-order valence-corrected chi connectivity index (χ2v) is 5.44. The molecule has 96 valence electrons. The Balaban J connectivity index is 2.03. The molecule has 0 spiro atoms. The van der Waals surface area contributed by atoms with Gasteiger partial charge in [0.1, 0.15) is 6.04 Å². The van der Waals surface area contributed by atoms with Gasteiger partial charge in [0.15, 0.2) is 5.78 Å². The van der Waals surface area contributed by atoms with E-state index in [0.29, 0.717) is 0 Å². The minimum Gasteiger partial charge on any atom is -0.345 e. The van der Waals surface area contributed by atoms with Gasteiger partial charge >= 0.3 is 0 Å². The molecule has 0 saturated carbocycles. The number of carbonyl (C=O) groups excluding carboxylic acids is 1. The van der Waals surface area contributed by atoms with E-state index in [9.17, 15) is 4.79 Å². The minimum atomic E-state index is -0.429. The zero-order valence-electron chi connectivity index (χ0n) is 11.2. The summed E-state index contributed by atoms with van der Waals surface area (Å²) in [6.45, 7) is 3.98. The number of Topliss-reactive ketones (excluding diaryl/α,β-unsaturated/α-hetero) is 1. The summed E-state index contributed by atoms with van der Waals surface area (Å²) in [6.07, 6.45) is 0. The van der Waals surface area contributed by atoms with Gasteiger partial charge in [-0.25, -0.2) is 0 Å². The van der Waals surface area contributed by atoms with Gasteiger partial charge in [0.2, 0.25) is 0 Å². The van der Waals surface area contributed by atoms with Crippen LogP contribution < -0.4 is 4.90 Å². The topological polar surface area (TPSA) is 20.3 Å². The van der Waals surface area contributed by atoms with E-state index in [1.165, 1.54) is 0 Å². The fourth-order valence-corrected chi connectivity index (χ4v) is 2.82. The molecule has 1 heterocycles. The molecule has 2 aromatic carbocycles. The molecule has 1 saturated heterocycles. The fraction of sp³-hybridized carbons (Fsp3) is 0.235. The van der Waals surface area contributed by atoms with Gasteiger partial charge in [0.25, 0.3) is 0 Å². The van der Waals surface area contributed by atoms with Crippen LogP contribution in [0.25, 0.3) is 0 Å². The highest BCUT2D eigenvalue weighted by atomic mass is 16.1. The molecule has 19 heavy (non-hydrogen) atoms. The van der Waals surface area contributed by atoms with Gasteiger partial charge in [-0.2, -0.15) is 0 Å². The Morgan fingerprint density at radius 1 is 0.895 bits per heavy atom. The number of anilines is 1. The SMILES string of the molecule is CC1(C)C(=O)C(c2ccccc2)N1c1ccccc1. The third kappa shape index (κ3) is 1.75. The Morgan fingerprint density at radius 3 is 2.00 bits per heavy atom. The number of hydrogen-bond donors (Lipinski definition) is 0. The van der Waals surface area contributed by atoms with Crippen LogP contribution in [-0.4, -0.2) is 11.3 Å². The lowest BCUT2D eigenvalue weighted by Gasteiger charge is -2.54. The molecule has 0 aromatic heterocycles. The summed E-state index contributed by atoms with van der Waals surface area (Å²) in [5.41, 5.74) is 1.73. The van der Waals surface area contributed by atoms with Crippen LogP contribution in [0.5, 0.6) is 0 Å². The maximum Gasteiger partial charge on any atom is 0.184 e. The first-order chi connectivity index (χ1) is 9.12. The van der Waals surface area contributed by atoms with Crippen LogP contribution in [0.15, 0.2) is 60.7 Å². The van der Waals surface area contributed by atoms with Gasteiger partial charge in [-0.15, -0.1) is 0 Å². The lowest BCUT2D eigenvalue weighted by Crippen LogP contribution is -2.66. The monoisotopic (exact) mass is 251 g/mol. The molecule has 0 N–H and O–H groups in total. The summed E-state index contributed by atoms with van der Waals surface area (Å²) in [5.74, 6) is 0.280. The zero-order chi connectivity index (χ0) is 13.5. The van der Waals surface area contributed by atoms with E-state index >= 15 is 0 Å². The van der Waals surface area contributed by atoms with Gasteiger partial charge in [0, 0.05) is 5.69 Å². The number of hydrogen-bond acceptors (Lipinski definition) is 2. The van der Waals surface area contributed by atoms with Crippen LogP contribution in [0.4, 0.5) is 5.69 Å². The Hall–Kier alpha value is -2.09. The molecule has 0 amide bonds. The summed E-state index contributed by atoms with van der Waals surface area (Å²) in [7, 11) is 0. The summed E-state index contributed by atoms with van der Waals surface area (Å²) in [5, 5.41) is 0. The van der Waals surface area contributed by atoms with Crippen molar-refractivity contribution >= 4 is 11.5 Å². The standard InChI is InChI=1S/C17H17NO/c1-17(2)16(19)15(13-9-5-3-6-10-13)18(17)14-11-7-4-8-12-14/h3-12,15H,1-2H3. The van der Waals surface area contributed by atoms with Gasteiger partial charge < -0.3 is 4.90 Å². The first kappa shape index (κ1) is 12.0. The Morgan fingerprint density at radius 2 is 1.42 bits per heavy atom. The van der Waals surface area contributed by atoms with Crippen LogP contribution in [0.2, 0.25) is 0 Å². The van der Waals surface area contributed by atoms with Crippen LogP contribution in [0.1, 0.15) is 25.5 Å². The van der Waals surface area contributed by atoms with Gasteiger partial charge in [-0.1, -0.05) is 48.5 Å². The van der Waals surface area contributed by atoms with E-state index in [0.717, 1.165) is 11.3 Å². The molecule has 0 radical (unpaired) electrons. The Bertz CT molecular complexity index is 589. The molecule has 1 aliphatic rings. The molecule has 0 bridgehead atoms. The van der Waals surface area contributed by atoms with Crippen molar-refractivity contribution in [1.29, 1.82) is 0 Å². The summed E-state index contributed by atoms with van der Waals surface area (Å²) < 4.78 is 0. The molecule has 0 aliphatic carbocycles. The van der Waals surface area contributed by atoms with Crippen molar-refractivity contribution in [2.24, 2.45) is 0 Å². The van der Waals surface area contributed by atoms with Crippen molar-refractivity contribution in [3.05, 3.63) is 66.2 Å². The predicted molar refractivity (Wildman–Crippen MR) is 77.2 cm³/mol. The zero-order valence-corrected chi connectivity index (χ0v) is 11.2. The number of rotatable bonds is 2. The molecule has 2 aromatic rings. The summed E-state index contributed by atoms with van der Waals surface area (Å²) >= 11 is 0. The number of nitrogens with zero attached hydrogens (tertiary/aromatic N) is 1. The molecule has 1 aliphatic heterocycles. The van der Waals surface area contributed by atoms with Crippen LogP contribution >= 0.6 is 0 Å². The first-order valence-corrected chi connectivity index (χ1v) is 6.56. The van der Waals surface area contributed by atoms with E-state index in [2.05, 4.69) is 17.0 Å². The van der Waals surface area contributed by atoms with Gasteiger partial charge in [-0.3, -0.25) is 4.79 Å². The van der Waals surface area contributed by atoms with Crippen molar-refractivity contribution in [1.82, 2.24) is 0 Å². The van der Waals surface area contributed by atoms with Gasteiger partial charge in [0.05, 0.1) is 5.54 Å². The van der Waals surface area contributed by atoms with Crippen LogP contribution in [0.3, 0.4) is 0 Å². The highest BCUT2D eigenvalue weighted by Crippen LogP contribution is 2.45. The average molecular weight is 251 g/mol. The quantitative estimate of drug-likeness (QED) is 0.813. The third-order valence-electron chi connectivity index (χ3n) is 3.86. The van der Waals surface area contributed by atoms with E-state index < -0.39 is 5.54 Å². The number of para-hydroxylation sites is 1. The lowest BCUT2D eigenvalue weighted by molar-refractivity contribution is -0.131. The molecule has 1 fully saturated rings. The Labute approximate surface area is 113 Å².